The van der Waals surface area contributed by atoms with Gasteiger partial charge in [-0.1, -0.05) is 30.3 Å². The van der Waals surface area contributed by atoms with E-state index in [-0.39, 0.29) is 25.6 Å². The van der Waals surface area contributed by atoms with E-state index in [1.54, 1.807) is 6.92 Å². The molecule has 1 aromatic rings. The van der Waals surface area contributed by atoms with Crippen molar-refractivity contribution in [2.75, 3.05) is 6.61 Å². The van der Waals surface area contributed by atoms with Crippen molar-refractivity contribution in [3.63, 3.8) is 0 Å². The topological polar surface area (TPSA) is 61.8 Å². The second kappa shape index (κ2) is 5.73. The maximum Gasteiger partial charge on any atom is 0.508 e. The van der Waals surface area contributed by atoms with Crippen molar-refractivity contribution in [2.45, 2.75) is 32.0 Å². The van der Waals surface area contributed by atoms with Crippen LogP contribution in [0.25, 0.3) is 0 Å². The van der Waals surface area contributed by atoms with Crippen molar-refractivity contribution in [2.24, 2.45) is 0 Å². The molecule has 0 N–H and O–H groups in total. The van der Waals surface area contributed by atoms with Crippen LogP contribution in [0, 0.1) is 0 Å². The molecule has 5 heteroatoms. The van der Waals surface area contributed by atoms with Crippen molar-refractivity contribution in [3.05, 3.63) is 35.9 Å². The lowest BCUT2D eigenvalue weighted by Crippen LogP contribution is -2.40. The minimum Gasteiger partial charge on any atom is -0.461 e. The monoisotopic (exact) mass is 264 g/mol. The van der Waals surface area contributed by atoms with Crippen LogP contribution in [0.3, 0.4) is 0 Å². The maximum absolute atomic E-state index is 11.7. The van der Waals surface area contributed by atoms with Gasteiger partial charge < -0.3 is 14.2 Å². The van der Waals surface area contributed by atoms with Gasteiger partial charge in [-0.2, -0.15) is 0 Å². The number of ether oxygens (including phenoxy) is 3. The quantitative estimate of drug-likeness (QED) is 0.781. The summed E-state index contributed by atoms with van der Waals surface area (Å²) in [7, 11) is 0. The minimum absolute atomic E-state index is 0.0366. The van der Waals surface area contributed by atoms with Crippen LogP contribution in [0.15, 0.2) is 30.3 Å². The van der Waals surface area contributed by atoms with E-state index < -0.39 is 11.8 Å². The highest BCUT2D eigenvalue weighted by Crippen LogP contribution is 2.25. The van der Waals surface area contributed by atoms with E-state index >= 15 is 0 Å². The predicted octanol–water partition coefficient (Wildman–Crippen LogP) is 2.44. The molecule has 0 bridgehead atoms. The zero-order valence-electron chi connectivity index (χ0n) is 10.8. The molecular formula is C14H16O5. The third kappa shape index (κ3) is 3.98. The molecule has 0 amide bonds. The summed E-state index contributed by atoms with van der Waals surface area (Å²) in [4.78, 5) is 22.8. The van der Waals surface area contributed by atoms with Crippen molar-refractivity contribution < 1.29 is 23.8 Å². The van der Waals surface area contributed by atoms with Gasteiger partial charge in [0.15, 0.2) is 0 Å². The molecule has 1 fully saturated rings. The SMILES string of the molecule is CC1(CC(=O)OCc2ccccc2)CCOC(=O)O1. The highest BCUT2D eigenvalue weighted by molar-refractivity contribution is 5.72. The summed E-state index contributed by atoms with van der Waals surface area (Å²) in [5.74, 6) is -0.388. The van der Waals surface area contributed by atoms with Crippen molar-refractivity contribution in [1.82, 2.24) is 0 Å². The number of hydrogen-bond acceptors (Lipinski definition) is 5. The molecule has 2 rings (SSSR count). The van der Waals surface area contributed by atoms with Crippen LogP contribution in [0.1, 0.15) is 25.3 Å². The lowest BCUT2D eigenvalue weighted by atomic mass is 9.98. The number of cyclic esters (lactones) is 2. The van der Waals surface area contributed by atoms with Crippen molar-refractivity contribution >= 4 is 12.1 Å². The maximum atomic E-state index is 11.7. The van der Waals surface area contributed by atoms with Gasteiger partial charge in [-0.05, 0) is 12.5 Å². The van der Waals surface area contributed by atoms with E-state index in [4.69, 9.17) is 9.47 Å². The van der Waals surface area contributed by atoms with E-state index in [0.29, 0.717) is 6.42 Å². The van der Waals surface area contributed by atoms with Gasteiger partial charge in [0.2, 0.25) is 0 Å². The van der Waals surface area contributed by atoms with E-state index in [9.17, 15) is 9.59 Å². The number of benzene rings is 1. The van der Waals surface area contributed by atoms with Crippen LogP contribution in [-0.4, -0.2) is 24.3 Å². The first-order valence-electron chi connectivity index (χ1n) is 6.13. The number of carbonyl (C=O) groups is 2. The fourth-order valence-corrected chi connectivity index (χ4v) is 1.85. The Morgan fingerprint density at radius 1 is 1.37 bits per heavy atom. The van der Waals surface area contributed by atoms with Crippen molar-refractivity contribution in [1.29, 1.82) is 0 Å². The summed E-state index contributed by atoms with van der Waals surface area (Å²) in [6.45, 7) is 2.19. The summed E-state index contributed by atoms with van der Waals surface area (Å²) >= 11 is 0. The van der Waals surface area contributed by atoms with Gasteiger partial charge in [0.05, 0.1) is 13.0 Å². The standard InChI is InChI=1S/C14H16O5/c1-14(7-8-17-13(16)19-14)9-12(15)18-10-11-5-3-2-4-6-11/h2-6H,7-10H2,1H3. The highest BCUT2D eigenvalue weighted by atomic mass is 16.7. The van der Waals surface area contributed by atoms with Crippen LogP contribution in [0.2, 0.25) is 0 Å². The zero-order chi connectivity index (χ0) is 13.7. The normalized spacial score (nSPS) is 22.3. The summed E-state index contributed by atoms with van der Waals surface area (Å²) in [5.41, 5.74) is 0.0910. The molecule has 0 saturated carbocycles. The molecule has 102 valence electrons. The Hall–Kier alpha value is -2.04. The minimum atomic E-state index is -0.830. The second-order valence-corrected chi connectivity index (χ2v) is 4.72. The van der Waals surface area contributed by atoms with Gasteiger partial charge in [-0.25, -0.2) is 4.79 Å². The molecule has 0 aliphatic carbocycles. The van der Waals surface area contributed by atoms with Crippen molar-refractivity contribution in [3.8, 4) is 0 Å². The first-order chi connectivity index (χ1) is 9.07. The number of hydrogen-bond donors (Lipinski definition) is 0. The molecule has 1 aliphatic heterocycles. The third-order valence-electron chi connectivity index (χ3n) is 2.94. The summed E-state index contributed by atoms with van der Waals surface area (Å²) in [5, 5.41) is 0. The van der Waals surface area contributed by atoms with Gasteiger partial charge in [0.1, 0.15) is 12.2 Å². The number of esters is 1. The first-order valence-corrected chi connectivity index (χ1v) is 6.13. The number of rotatable bonds is 4. The van der Waals surface area contributed by atoms with Gasteiger partial charge in [0, 0.05) is 6.42 Å². The lowest BCUT2D eigenvalue weighted by molar-refractivity contribution is -0.154. The van der Waals surface area contributed by atoms with Gasteiger partial charge >= 0.3 is 12.1 Å². The van der Waals surface area contributed by atoms with Crippen LogP contribution >= 0.6 is 0 Å². The van der Waals surface area contributed by atoms with Gasteiger partial charge in [0.25, 0.3) is 0 Å². The van der Waals surface area contributed by atoms with E-state index in [2.05, 4.69) is 4.74 Å². The van der Waals surface area contributed by atoms with Crippen LogP contribution < -0.4 is 0 Å². The average Bonchev–Trinajstić information content (AvgIpc) is 2.37. The fourth-order valence-electron chi connectivity index (χ4n) is 1.85. The molecule has 0 radical (unpaired) electrons. The largest absolute Gasteiger partial charge is 0.508 e. The zero-order valence-corrected chi connectivity index (χ0v) is 10.8. The average molecular weight is 264 g/mol. The Kier molecular flexibility index (Phi) is 4.04. The lowest BCUT2D eigenvalue weighted by Gasteiger charge is -2.31. The fraction of sp³-hybridized carbons (Fsp3) is 0.429. The van der Waals surface area contributed by atoms with Crippen LogP contribution in [0.4, 0.5) is 4.79 Å². The van der Waals surface area contributed by atoms with E-state index in [0.717, 1.165) is 5.56 Å². The molecule has 0 aromatic heterocycles. The Morgan fingerprint density at radius 2 is 2.11 bits per heavy atom. The molecule has 1 aliphatic rings. The van der Waals surface area contributed by atoms with Crippen LogP contribution in [0.5, 0.6) is 0 Å². The number of carbonyl (C=O) groups excluding carboxylic acids is 2. The molecule has 1 aromatic carbocycles. The molecule has 1 heterocycles. The van der Waals surface area contributed by atoms with Gasteiger partial charge in [-0.15, -0.1) is 0 Å². The summed E-state index contributed by atoms with van der Waals surface area (Å²) in [6.07, 6.45) is -0.210. The Morgan fingerprint density at radius 3 is 2.79 bits per heavy atom. The van der Waals surface area contributed by atoms with E-state index in [1.165, 1.54) is 0 Å². The predicted molar refractivity (Wildman–Crippen MR) is 66.3 cm³/mol. The molecule has 0 spiro atoms. The molecule has 19 heavy (non-hydrogen) atoms. The third-order valence-corrected chi connectivity index (χ3v) is 2.94. The summed E-state index contributed by atoms with van der Waals surface area (Å²) < 4.78 is 14.9. The first kappa shape index (κ1) is 13.4. The molecule has 1 atom stereocenters. The molecule has 5 nitrogen and oxygen atoms in total. The van der Waals surface area contributed by atoms with Gasteiger partial charge in [-0.3, -0.25) is 4.79 Å². The highest BCUT2D eigenvalue weighted by Gasteiger charge is 2.36. The molecule has 1 unspecified atom stereocenters. The Balaban J connectivity index is 1.82. The second-order valence-electron chi connectivity index (χ2n) is 4.72. The smallest absolute Gasteiger partial charge is 0.461 e. The molecule has 1 saturated heterocycles. The Bertz CT molecular complexity index is 456. The summed E-state index contributed by atoms with van der Waals surface area (Å²) in [6, 6.07) is 9.41. The molecular weight excluding hydrogens is 248 g/mol. The van der Waals surface area contributed by atoms with Crippen LogP contribution in [-0.2, 0) is 25.6 Å². The Labute approximate surface area is 111 Å². The van der Waals surface area contributed by atoms with E-state index in [1.807, 2.05) is 30.3 Å².